The van der Waals surface area contributed by atoms with Crippen LogP contribution in [0.4, 0.5) is 17.1 Å². The molecule has 11 heteroatoms. The number of benzene rings is 4. The van der Waals surface area contributed by atoms with Crippen LogP contribution in [-0.4, -0.2) is 35.0 Å². The molecule has 10 nitrogen and oxygen atoms in total. The van der Waals surface area contributed by atoms with Crippen LogP contribution in [0.25, 0.3) is 6.08 Å². The number of nitro benzene ring substituents is 1. The van der Waals surface area contributed by atoms with Gasteiger partial charge in [-0.1, -0.05) is 42.5 Å². The second-order valence-corrected chi connectivity index (χ2v) is 11.1. The van der Waals surface area contributed by atoms with Crippen LogP contribution < -0.4 is 20.7 Å². The lowest BCUT2D eigenvalue weighted by Gasteiger charge is -2.15. The van der Waals surface area contributed by atoms with Crippen LogP contribution in [0.1, 0.15) is 28.4 Å². The quantitative estimate of drug-likeness (QED) is 0.0768. The minimum absolute atomic E-state index is 0.0298. The SMILES string of the molecule is COc1ccc(/C=C(/NC(=O)c2ccccc2)C(=O)Nc2cccc(SC(C)C(=O)Nc3cc([N+](=O)[O-])ccc3C)c2)cc1. The molecule has 0 radical (unpaired) electrons. The molecule has 4 aromatic rings. The molecule has 3 N–H and O–H groups in total. The van der Waals surface area contributed by atoms with Crippen molar-refractivity contribution in [1.82, 2.24) is 5.32 Å². The number of thioether (sulfide) groups is 1. The van der Waals surface area contributed by atoms with Gasteiger partial charge in [0.15, 0.2) is 0 Å². The van der Waals surface area contributed by atoms with Crippen molar-refractivity contribution in [3.8, 4) is 5.75 Å². The van der Waals surface area contributed by atoms with Crippen LogP contribution in [0.5, 0.6) is 5.75 Å². The first-order valence-electron chi connectivity index (χ1n) is 13.5. The summed E-state index contributed by atoms with van der Waals surface area (Å²) in [6.45, 7) is 3.47. The maximum absolute atomic E-state index is 13.4. The number of hydrogen-bond acceptors (Lipinski definition) is 7. The van der Waals surface area contributed by atoms with Gasteiger partial charge in [0.1, 0.15) is 11.4 Å². The third kappa shape index (κ3) is 8.55. The Labute approximate surface area is 258 Å². The Morgan fingerprint density at radius 1 is 0.909 bits per heavy atom. The van der Waals surface area contributed by atoms with Gasteiger partial charge in [0.05, 0.1) is 23.0 Å². The fourth-order valence-electron chi connectivity index (χ4n) is 4.01. The lowest BCUT2D eigenvalue weighted by Crippen LogP contribution is -2.30. The Morgan fingerprint density at radius 2 is 1.64 bits per heavy atom. The van der Waals surface area contributed by atoms with Crippen LogP contribution in [0, 0.1) is 17.0 Å². The maximum Gasteiger partial charge on any atom is 0.272 e. The molecule has 0 bridgehead atoms. The van der Waals surface area contributed by atoms with Gasteiger partial charge in [-0.05, 0) is 73.5 Å². The molecule has 224 valence electrons. The largest absolute Gasteiger partial charge is 0.497 e. The Hall–Kier alpha value is -5.42. The molecule has 0 aliphatic rings. The molecule has 0 aliphatic carbocycles. The van der Waals surface area contributed by atoms with Crippen molar-refractivity contribution in [2.75, 3.05) is 17.7 Å². The van der Waals surface area contributed by atoms with Crippen molar-refractivity contribution >= 4 is 52.6 Å². The normalized spacial score (nSPS) is 11.7. The van der Waals surface area contributed by atoms with Gasteiger partial charge in [0, 0.05) is 28.3 Å². The molecule has 0 saturated heterocycles. The molecule has 0 aliphatic heterocycles. The van der Waals surface area contributed by atoms with E-state index in [1.165, 1.54) is 23.9 Å². The molecule has 0 spiro atoms. The molecule has 1 atom stereocenters. The summed E-state index contributed by atoms with van der Waals surface area (Å²) in [6.07, 6.45) is 1.57. The molecule has 0 saturated carbocycles. The van der Waals surface area contributed by atoms with Gasteiger partial charge in [-0.15, -0.1) is 11.8 Å². The molecule has 4 rings (SSSR count). The van der Waals surface area contributed by atoms with Crippen molar-refractivity contribution in [3.05, 3.63) is 130 Å². The van der Waals surface area contributed by atoms with Crippen LogP contribution in [0.3, 0.4) is 0 Å². The fraction of sp³-hybridized carbons (Fsp3) is 0.121. The molecule has 0 aromatic heterocycles. The second-order valence-electron chi connectivity index (χ2n) is 9.64. The van der Waals surface area contributed by atoms with Crippen LogP contribution in [0.2, 0.25) is 0 Å². The number of carbonyl (C=O) groups excluding carboxylic acids is 3. The molecule has 44 heavy (non-hydrogen) atoms. The Balaban J connectivity index is 1.48. The lowest BCUT2D eigenvalue weighted by molar-refractivity contribution is -0.384. The van der Waals surface area contributed by atoms with Crippen molar-refractivity contribution in [1.29, 1.82) is 0 Å². The van der Waals surface area contributed by atoms with E-state index < -0.39 is 22.0 Å². The van der Waals surface area contributed by atoms with Gasteiger partial charge >= 0.3 is 0 Å². The van der Waals surface area contributed by atoms with Gasteiger partial charge in [-0.2, -0.15) is 0 Å². The highest BCUT2D eigenvalue weighted by molar-refractivity contribution is 8.00. The van der Waals surface area contributed by atoms with E-state index in [2.05, 4.69) is 16.0 Å². The third-order valence-electron chi connectivity index (χ3n) is 6.42. The zero-order valence-electron chi connectivity index (χ0n) is 24.2. The molecule has 0 heterocycles. The van der Waals surface area contributed by atoms with E-state index >= 15 is 0 Å². The molecular weight excluding hydrogens is 580 g/mol. The summed E-state index contributed by atoms with van der Waals surface area (Å²) < 4.78 is 5.20. The highest BCUT2D eigenvalue weighted by Gasteiger charge is 2.19. The Bertz CT molecular complexity index is 1710. The summed E-state index contributed by atoms with van der Waals surface area (Å²) in [4.78, 5) is 50.6. The van der Waals surface area contributed by atoms with E-state index in [0.717, 1.165) is 0 Å². The zero-order valence-corrected chi connectivity index (χ0v) is 25.0. The highest BCUT2D eigenvalue weighted by atomic mass is 32.2. The molecular formula is C33H30N4O6S. The van der Waals surface area contributed by atoms with E-state index in [1.54, 1.807) is 112 Å². The first-order valence-corrected chi connectivity index (χ1v) is 14.4. The smallest absolute Gasteiger partial charge is 0.272 e. The number of non-ortho nitro benzene ring substituents is 1. The van der Waals surface area contributed by atoms with E-state index in [0.29, 0.717) is 38.7 Å². The predicted octanol–water partition coefficient (Wildman–Crippen LogP) is 6.44. The predicted molar refractivity (Wildman–Crippen MR) is 172 cm³/mol. The van der Waals surface area contributed by atoms with Crippen LogP contribution in [0.15, 0.2) is 108 Å². The second kappa shape index (κ2) is 14.7. The number of hydrogen-bond donors (Lipinski definition) is 3. The summed E-state index contributed by atoms with van der Waals surface area (Å²) in [7, 11) is 1.56. The Kier molecular flexibility index (Phi) is 10.5. The number of nitrogens with one attached hydrogen (secondary N) is 3. The molecule has 0 fully saturated rings. The number of nitro groups is 1. The monoisotopic (exact) mass is 610 g/mol. The summed E-state index contributed by atoms with van der Waals surface area (Å²) in [5.74, 6) is -0.664. The minimum atomic E-state index is -0.560. The van der Waals surface area contributed by atoms with Gasteiger partial charge in [0.25, 0.3) is 17.5 Å². The van der Waals surface area contributed by atoms with Crippen molar-refractivity contribution in [2.45, 2.75) is 24.0 Å². The Morgan fingerprint density at radius 3 is 2.32 bits per heavy atom. The van der Waals surface area contributed by atoms with Crippen LogP contribution >= 0.6 is 11.8 Å². The van der Waals surface area contributed by atoms with Crippen LogP contribution in [-0.2, 0) is 9.59 Å². The number of methoxy groups -OCH3 is 1. The van der Waals surface area contributed by atoms with E-state index in [9.17, 15) is 24.5 Å². The van der Waals surface area contributed by atoms with Gasteiger partial charge < -0.3 is 20.7 Å². The number of aryl methyl sites for hydroxylation is 1. The lowest BCUT2D eigenvalue weighted by atomic mass is 10.1. The van der Waals surface area contributed by atoms with Crippen molar-refractivity contribution in [3.63, 3.8) is 0 Å². The summed E-state index contributed by atoms with van der Waals surface area (Å²) >= 11 is 1.26. The highest BCUT2D eigenvalue weighted by Crippen LogP contribution is 2.28. The molecule has 4 aromatic carbocycles. The minimum Gasteiger partial charge on any atom is -0.497 e. The number of amides is 3. The number of nitrogens with zero attached hydrogens (tertiary/aromatic N) is 1. The van der Waals surface area contributed by atoms with Gasteiger partial charge in [-0.25, -0.2) is 0 Å². The van der Waals surface area contributed by atoms with E-state index in [1.807, 2.05) is 0 Å². The summed E-state index contributed by atoms with van der Waals surface area (Å²) in [6, 6.07) is 26.8. The van der Waals surface area contributed by atoms with Crippen molar-refractivity contribution < 1.29 is 24.0 Å². The number of ether oxygens (including phenoxy) is 1. The van der Waals surface area contributed by atoms with E-state index in [4.69, 9.17) is 4.74 Å². The topological polar surface area (TPSA) is 140 Å². The number of carbonyl (C=O) groups is 3. The average Bonchev–Trinajstić information content (AvgIpc) is 3.02. The zero-order chi connectivity index (χ0) is 31.6. The van der Waals surface area contributed by atoms with E-state index in [-0.39, 0.29) is 17.3 Å². The fourth-order valence-corrected chi connectivity index (χ4v) is 4.93. The average molecular weight is 611 g/mol. The summed E-state index contributed by atoms with van der Waals surface area (Å²) in [5, 5.41) is 18.9. The summed E-state index contributed by atoms with van der Waals surface area (Å²) in [5.41, 5.74) is 2.50. The number of anilines is 2. The standard InChI is InChI=1S/C33H30N4O6S/c1-21-12-15-26(37(41)42)20-29(21)35-31(38)22(2)44-28-11-7-10-25(19-28)34-33(40)30(18-23-13-16-27(43-3)17-14-23)36-32(39)24-8-5-4-6-9-24/h4-20,22H,1-3H3,(H,34,40)(H,35,38)(H,36,39)/b30-18+. The van der Waals surface area contributed by atoms with Gasteiger partial charge in [-0.3, -0.25) is 24.5 Å². The first-order chi connectivity index (χ1) is 21.1. The van der Waals surface area contributed by atoms with Crippen molar-refractivity contribution in [2.24, 2.45) is 0 Å². The van der Waals surface area contributed by atoms with Gasteiger partial charge in [0.2, 0.25) is 5.91 Å². The first kappa shape index (κ1) is 31.5. The molecule has 1 unspecified atom stereocenters. The number of rotatable bonds is 11. The maximum atomic E-state index is 13.4. The molecule has 3 amide bonds. The third-order valence-corrected chi connectivity index (χ3v) is 7.51.